The molecule has 9 heteroatoms. The standard InChI is InChI=1S/C15H21N5O3S/c1-10(2)20-9-12(7-16-20)24(22,23)18-15(21)13-8-17-19-5-4-11(3)6-14(13)19/h7-11H,4-6H2,1-3H3,(H,18,21). The van der Waals surface area contributed by atoms with Crippen LogP contribution in [0.4, 0.5) is 0 Å². The van der Waals surface area contributed by atoms with Crippen molar-refractivity contribution in [2.45, 2.75) is 51.1 Å². The number of fused-ring (bicyclic) bond motifs is 1. The van der Waals surface area contributed by atoms with E-state index in [0.29, 0.717) is 17.9 Å². The number of carbonyl (C=O) groups is 1. The predicted octanol–water partition coefficient (Wildman–Crippen LogP) is 1.36. The Bertz CT molecular complexity index is 866. The summed E-state index contributed by atoms with van der Waals surface area (Å²) in [4.78, 5) is 12.4. The van der Waals surface area contributed by atoms with Gasteiger partial charge in [-0.25, -0.2) is 13.1 Å². The van der Waals surface area contributed by atoms with Gasteiger partial charge in [-0.2, -0.15) is 10.2 Å². The third kappa shape index (κ3) is 3.08. The number of sulfonamides is 1. The molecule has 1 aliphatic rings. The molecule has 3 heterocycles. The lowest BCUT2D eigenvalue weighted by Gasteiger charge is -2.20. The number of carbonyl (C=O) groups excluding carboxylic acids is 1. The minimum Gasteiger partial charge on any atom is -0.269 e. The average Bonchev–Trinajstić information content (AvgIpc) is 3.13. The zero-order chi connectivity index (χ0) is 17.5. The molecule has 0 aliphatic carbocycles. The molecule has 0 aromatic carbocycles. The van der Waals surface area contributed by atoms with Crippen LogP contribution in [-0.4, -0.2) is 33.9 Å². The normalized spacial score (nSPS) is 17.8. The Hall–Kier alpha value is -2.16. The fourth-order valence-electron chi connectivity index (χ4n) is 2.76. The van der Waals surface area contributed by atoms with Crippen LogP contribution in [0.15, 0.2) is 23.5 Å². The maximum atomic E-state index is 12.4. The van der Waals surface area contributed by atoms with Gasteiger partial charge in [0.05, 0.1) is 23.7 Å². The third-order valence-corrected chi connectivity index (χ3v) is 5.50. The smallest absolute Gasteiger partial charge is 0.268 e. The average molecular weight is 351 g/mol. The summed E-state index contributed by atoms with van der Waals surface area (Å²) in [6.45, 7) is 6.64. The fraction of sp³-hybridized carbons (Fsp3) is 0.533. The van der Waals surface area contributed by atoms with Crippen molar-refractivity contribution in [1.29, 1.82) is 0 Å². The predicted molar refractivity (Wildman–Crippen MR) is 87.0 cm³/mol. The Balaban J connectivity index is 1.83. The second kappa shape index (κ2) is 6.04. The molecule has 0 fully saturated rings. The number of rotatable bonds is 4. The zero-order valence-corrected chi connectivity index (χ0v) is 14.7. The molecule has 2 aromatic heterocycles. The van der Waals surface area contributed by atoms with E-state index in [1.807, 2.05) is 13.8 Å². The van der Waals surface area contributed by atoms with Gasteiger partial charge in [-0.1, -0.05) is 6.92 Å². The van der Waals surface area contributed by atoms with E-state index >= 15 is 0 Å². The van der Waals surface area contributed by atoms with Crippen LogP contribution in [0.25, 0.3) is 0 Å². The molecule has 1 atom stereocenters. The maximum absolute atomic E-state index is 12.4. The van der Waals surface area contributed by atoms with Crippen molar-refractivity contribution in [2.24, 2.45) is 5.92 Å². The first-order chi connectivity index (χ1) is 11.3. The molecule has 2 aromatic rings. The molecule has 3 rings (SSSR count). The van der Waals surface area contributed by atoms with E-state index in [4.69, 9.17) is 0 Å². The van der Waals surface area contributed by atoms with Crippen LogP contribution < -0.4 is 4.72 Å². The number of nitrogens with one attached hydrogen (secondary N) is 1. The number of amides is 1. The van der Waals surface area contributed by atoms with Crippen LogP contribution in [0.1, 0.15) is 49.3 Å². The summed E-state index contributed by atoms with van der Waals surface area (Å²) in [6, 6.07) is 0.0360. The first kappa shape index (κ1) is 16.7. The van der Waals surface area contributed by atoms with Gasteiger partial charge in [-0.15, -0.1) is 0 Å². The summed E-state index contributed by atoms with van der Waals surface area (Å²) in [5.41, 5.74) is 1.11. The van der Waals surface area contributed by atoms with E-state index in [0.717, 1.165) is 18.7 Å². The van der Waals surface area contributed by atoms with Crippen molar-refractivity contribution >= 4 is 15.9 Å². The molecular weight excluding hydrogens is 330 g/mol. The highest BCUT2D eigenvalue weighted by molar-refractivity contribution is 7.90. The highest BCUT2D eigenvalue weighted by Gasteiger charge is 2.27. The molecule has 1 unspecified atom stereocenters. The van der Waals surface area contributed by atoms with Crippen LogP contribution in [0, 0.1) is 5.92 Å². The Morgan fingerprint density at radius 2 is 2.08 bits per heavy atom. The molecule has 0 radical (unpaired) electrons. The van der Waals surface area contributed by atoms with Gasteiger partial charge in [-0.3, -0.25) is 14.2 Å². The van der Waals surface area contributed by atoms with E-state index in [2.05, 4.69) is 21.8 Å². The molecular formula is C15H21N5O3S. The largest absolute Gasteiger partial charge is 0.269 e. The maximum Gasteiger partial charge on any atom is 0.268 e. The summed E-state index contributed by atoms with van der Waals surface area (Å²) >= 11 is 0. The Kier molecular flexibility index (Phi) is 4.20. The fourth-order valence-corrected chi connectivity index (χ4v) is 3.67. The van der Waals surface area contributed by atoms with Crippen molar-refractivity contribution in [3.63, 3.8) is 0 Å². The zero-order valence-electron chi connectivity index (χ0n) is 13.9. The van der Waals surface area contributed by atoms with Crippen LogP contribution in [0.2, 0.25) is 0 Å². The van der Waals surface area contributed by atoms with Gasteiger partial charge in [0.2, 0.25) is 0 Å². The SMILES string of the molecule is CC1CCn2ncc(C(=O)NS(=O)(=O)c3cnn(C(C)C)c3)c2C1. The van der Waals surface area contributed by atoms with Gasteiger partial charge in [0.15, 0.2) is 0 Å². The van der Waals surface area contributed by atoms with Crippen LogP contribution in [0.3, 0.4) is 0 Å². The molecule has 0 saturated heterocycles. The molecule has 130 valence electrons. The first-order valence-corrected chi connectivity index (χ1v) is 9.42. The first-order valence-electron chi connectivity index (χ1n) is 7.94. The van der Waals surface area contributed by atoms with E-state index < -0.39 is 15.9 Å². The molecule has 1 amide bonds. The summed E-state index contributed by atoms with van der Waals surface area (Å²) in [7, 11) is -3.96. The minimum atomic E-state index is -3.96. The number of nitrogens with zero attached hydrogens (tertiary/aromatic N) is 4. The highest BCUT2D eigenvalue weighted by atomic mass is 32.2. The Morgan fingerprint density at radius 3 is 2.75 bits per heavy atom. The van der Waals surface area contributed by atoms with Gasteiger partial charge < -0.3 is 0 Å². The molecule has 1 N–H and O–H groups in total. The van der Waals surface area contributed by atoms with Crippen molar-refractivity contribution < 1.29 is 13.2 Å². The van der Waals surface area contributed by atoms with E-state index in [1.54, 1.807) is 4.68 Å². The molecule has 8 nitrogen and oxygen atoms in total. The summed E-state index contributed by atoms with van der Waals surface area (Å²) < 4.78 is 30.2. The molecule has 0 spiro atoms. The summed E-state index contributed by atoms with van der Waals surface area (Å²) in [5, 5.41) is 8.19. The van der Waals surface area contributed by atoms with E-state index in [1.165, 1.54) is 23.3 Å². The lowest BCUT2D eigenvalue weighted by atomic mass is 9.96. The van der Waals surface area contributed by atoms with Gasteiger partial charge in [0.1, 0.15) is 4.90 Å². The number of hydrogen-bond acceptors (Lipinski definition) is 5. The second-order valence-electron chi connectivity index (χ2n) is 6.51. The topological polar surface area (TPSA) is 98.9 Å². The monoisotopic (exact) mass is 351 g/mol. The molecule has 0 saturated carbocycles. The minimum absolute atomic E-state index is 0.0287. The third-order valence-electron chi connectivity index (χ3n) is 4.21. The lowest BCUT2D eigenvalue weighted by Crippen LogP contribution is -2.31. The Morgan fingerprint density at radius 1 is 1.33 bits per heavy atom. The quantitative estimate of drug-likeness (QED) is 0.897. The van der Waals surface area contributed by atoms with Gasteiger partial charge >= 0.3 is 0 Å². The lowest BCUT2D eigenvalue weighted by molar-refractivity contribution is 0.0979. The number of hydrogen-bond donors (Lipinski definition) is 1. The van der Waals surface area contributed by atoms with Crippen LogP contribution in [-0.2, 0) is 23.0 Å². The van der Waals surface area contributed by atoms with E-state index in [-0.39, 0.29) is 10.9 Å². The summed E-state index contributed by atoms with van der Waals surface area (Å²) in [5.74, 6) is -0.204. The van der Waals surface area contributed by atoms with Crippen molar-refractivity contribution in [2.75, 3.05) is 0 Å². The van der Waals surface area contributed by atoms with Gasteiger partial charge in [0, 0.05) is 18.8 Å². The van der Waals surface area contributed by atoms with Gasteiger partial charge in [-0.05, 0) is 32.6 Å². The Labute approximate surface area is 140 Å². The van der Waals surface area contributed by atoms with Crippen molar-refractivity contribution in [3.8, 4) is 0 Å². The van der Waals surface area contributed by atoms with E-state index in [9.17, 15) is 13.2 Å². The van der Waals surface area contributed by atoms with Crippen molar-refractivity contribution in [3.05, 3.63) is 29.8 Å². The molecule has 24 heavy (non-hydrogen) atoms. The van der Waals surface area contributed by atoms with Gasteiger partial charge in [0.25, 0.3) is 15.9 Å². The molecule has 1 aliphatic heterocycles. The summed E-state index contributed by atoms with van der Waals surface area (Å²) in [6.07, 6.45) is 5.81. The van der Waals surface area contributed by atoms with Crippen LogP contribution in [0.5, 0.6) is 0 Å². The number of aryl methyl sites for hydroxylation is 1. The highest BCUT2D eigenvalue weighted by Crippen LogP contribution is 2.23. The van der Waals surface area contributed by atoms with Crippen molar-refractivity contribution in [1.82, 2.24) is 24.3 Å². The number of aromatic nitrogens is 4. The molecule has 0 bridgehead atoms. The van der Waals surface area contributed by atoms with Crippen LogP contribution >= 0.6 is 0 Å². The second-order valence-corrected chi connectivity index (χ2v) is 8.19.